The van der Waals surface area contributed by atoms with E-state index in [1.54, 1.807) is 0 Å². The largest absolute Gasteiger partial charge is 0.461 e. The summed E-state index contributed by atoms with van der Waals surface area (Å²) >= 11 is 0. The first-order chi connectivity index (χ1) is 10.3. The summed E-state index contributed by atoms with van der Waals surface area (Å²) in [4.78, 5) is 0. The molecule has 104 valence electrons. The molecule has 4 rings (SSSR count). The first-order valence-corrected chi connectivity index (χ1v) is 7.53. The molecule has 1 aliphatic carbocycles. The summed E-state index contributed by atoms with van der Waals surface area (Å²) in [5, 5.41) is 0. The summed E-state index contributed by atoms with van der Waals surface area (Å²) in [6, 6.07) is 17.1. The fourth-order valence-electron chi connectivity index (χ4n) is 3.27. The van der Waals surface area contributed by atoms with Crippen LogP contribution in [0, 0.1) is 12.8 Å². The summed E-state index contributed by atoms with van der Waals surface area (Å²) in [5.41, 5.74) is 5.37. The molecular weight excluding hydrogens is 256 g/mol. The van der Waals surface area contributed by atoms with E-state index in [2.05, 4.69) is 67.6 Å². The molecule has 0 spiro atoms. The van der Waals surface area contributed by atoms with Crippen LogP contribution in [0.1, 0.15) is 23.1 Å². The smallest absolute Gasteiger partial charge is 0.130 e. The van der Waals surface area contributed by atoms with E-state index < -0.39 is 0 Å². The highest BCUT2D eigenvalue weighted by Crippen LogP contribution is 2.40. The van der Waals surface area contributed by atoms with E-state index in [4.69, 9.17) is 4.74 Å². The first kappa shape index (κ1) is 12.5. The molecule has 0 saturated carbocycles. The van der Waals surface area contributed by atoms with Crippen molar-refractivity contribution in [3.8, 4) is 5.75 Å². The van der Waals surface area contributed by atoms with Gasteiger partial charge in [0, 0.05) is 5.92 Å². The average Bonchev–Trinajstić information content (AvgIpc) is 2.53. The Kier molecular flexibility index (Phi) is 2.92. The minimum absolute atomic E-state index is 0.472. The van der Waals surface area contributed by atoms with Crippen LogP contribution < -0.4 is 4.74 Å². The SMILES string of the molecule is Cc1ccc2c(c1)CC1CC(c3ccccc3)=CC=C1O2. The quantitative estimate of drug-likeness (QED) is 0.717. The molecule has 0 bridgehead atoms. The van der Waals surface area contributed by atoms with Crippen LogP contribution in [0.2, 0.25) is 0 Å². The number of benzene rings is 2. The molecule has 2 aromatic rings. The van der Waals surface area contributed by atoms with Gasteiger partial charge in [0.05, 0.1) is 0 Å². The second kappa shape index (κ2) is 4.92. The van der Waals surface area contributed by atoms with Crippen LogP contribution >= 0.6 is 0 Å². The van der Waals surface area contributed by atoms with Gasteiger partial charge >= 0.3 is 0 Å². The van der Waals surface area contributed by atoms with Gasteiger partial charge in [-0.2, -0.15) is 0 Å². The predicted octanol–water partition coefficient (Wildman–Crippen LogP) is 4.92. The summed E-state index contributed by atoms with van der Waals surface area (Å²) in [7, 11) is 0. The third-order valence-corrected chi connectivity index (χ3v) is 4.37. The van der Waals surface area contributed by atoms with E-state index in [-0.39, 0.29) is 0 Å². The topological polar surface area (TPSA) is 9.23 Å². The van der Waals surface area contributed by atoms with Crippen LogP contribution in [0.5, 0.6) is 5.75 Å². The van der Waals surface area contributed by atoms with Crippen molar-refractivity contribution in [1.82, 2.24) is 0 Å². The molecule has 0 radical (unpaired) electrons. The zero-order valence-corrected chi connectivity index (χ0v) is 12.2. The highest BCUT2D eigenvalue weighted by atomic mass is 16.5. The molecular formula is C20H18O. The van der Waals surface area contributed by atoms with E-state index >= 15 is 0 Å². The maximum Gasteiger partial charge on any atom is 0.130 e. The molecule has 1 atom stereocenters. The molecule has 1 aliphatic heterocycles. The van der Waals surface area contributed by atoms with E-state index in [1.807, 2.05) is 0 Å². The van der Waals surface area contributed by atoms with Crippen LogP contribution in [-0.2, 0) is 6.42 Å². The second-order valence-electron chi connectivity index (χ2n) is 5.95. The maximum absolute atomic E-state index is 6.09. The lowest BCUT2D eigenvalue weighted by Gasteiger charge is -2.31. The van der Waals surface area contributed by atoms with Gasteiger partial charge < -0.3 is 4.74 Å². The number of aryl methyl sites for hydroxylation is 1. The Morgan fingerprint density at radius 2 is 1.81 bits per heavy atom. The lowest BCUT2D eigenvalue weighted by Crippen LogP contribution is -2.21. The van der Waals surface area contributed by atoms with Gasteiger partial charge in [-0.1, -0.05) is 54.1 Å². The van der Waals surface area contributed by atoms with E-state index in [0.717, 1.165) is 24.4 Å². The Morgan fingerprint density at radius 3 is 2.67 bits per heavy atom. The highest BCUT2D eigenvalue weighted by Gasteiger charge is 2.28. The zero-order valence-electron chi connectivity index (χ0n) is 12.2. The third-order valence-electron chi connectivity index (χ3n) is 4.37. The average molecular weight is 274 g/mol. The molecule has 2 aliphatic rings. The molecule has 0 aromatic heterocycles. The van der Waals surface area contributed by atoms with E-state index in [9.17, 15) is 0 Å². The fourth-order valence-corrected chi connectivity index (χ4v) is 3.27. The van der Waals surface area contributed by atoms with Crippen molar-refractivity contribution in [2.45, 2.75) is 19.8 Å². The summed E-state index contributed by atoms with van der Waals surface area (Å²) in [6.07, 6.45) is 6.50. The Morgan fingerprint density at radius 1 is 0.952 bits per heavy atom. The first-order valence-electron chi connectivity index (χ1n) is 7.53. The molecule has 0 N–H and O–H groups in total. The van der Waals surface area contributed by atoms with Crippen molar-refractivity contribution in [1.29, 1.82) is 0 Å². The molecule has 0 saturated heterocycles. The standard InChI is InChI=1S/C20H18O/c1-14-7-9-19-17(11-14)13-18-12-16(8-10-20(18)21-19)15-5-3-2-4-6-15/h2-11,18H,12-13H2,1H3. The molecule has 2 aromatic carbocycles. The van der Waals surface area contributed by atoms with Crippen molar-refractivity contribution in [2.75, 3.05) is 0 Å². The van der Waals surface area contributed by atoms with Crippen molar-refractivity contribution in [3.63, 3.8) is 0 Å². The number of hydrogen-bond donors (Lipinski definition) is 0. The zero-order chi connectivity index (χ0) is 14.2. The number of hydrogen-bond acceptors (Lipinski definition) is 1. The predicted molar refractivity (Wildman–Crippen MR) is 86.1 cm³/mol. The summed E-state index contributed by atoms with van der Waals surface area (Å²) < 4.78 is 6.09. The Balaban J connectivity index is 1.67. The fraction of sp³-hybridized carbons (Fsp3) is 0.200. The van der Waals surface area contributed by atoms with E-state index in [1.165, 1.54) is 22.3 Å². The van der Waals surface area contributed by atoms with Gasteiger partial charge in [-0.25, -0.2) is 0 Å². The molecule has 1 unspecified atom stereocenters. The van der Waals surface area contributed by atoms with Gasteiger partial charge in [0.1, 0.15) is 11.5 Å². The Bertz CT molecular complexity index is 738. The molecule has 21 heavy (non-hydrogen) atoms. The highest BCUT2D eigenvalue weighted by molar-refractivity contribution is 5.69. The maximum atomic E-state index is 6.09. The monoisotopic (exact) mass is 274 g/mol. The number of allylic oxidation sites excluding steroid dienone is 4. The molecule has 1 nitrogen and oxygen atoms in total. The van der Waals surface area contributed by atoms with E-state index in [0.29, 0.717) is 5.92 Å². The van der Waals surface area contributed by atoms with Crippen LogP contribution in [-0.4, -0.2) is 0 Å². The molecule has 1 heterocycles. The van der Waals surface area contributed by atoms with Crippen LogP contribution in [0.3, 0.4) is 0 Å². The molecule has 0 amide bonds. The third kappa shape index (κ3) is 2.29. The van der Waals surface area contributed by atoms with Crippen molar-refractivity contribution < 1.29 is 4.74 Å². The van der Waals surface area contributed by atoms with Gasteiger partial charge in [0.15, 0.2) is 0 Å². The van der Waals surface area contributed by atoms with Crippen molar-refractivity contribution in [2.24, 2.45) is 5.92 Å². The normalized spacial score (nSPS) is 19.8. The number of rotatable bonds is 1. The van der Waals surface area contributed by atoms with Crippen molar-refractivity contribution >= 4 is 5.57 Å². The van der Waals surface area contributed by atoms with Crippen molar-refractivity contribution in [3.05, 3.63) is 83.1 Å². The van der Waals surface area contributed by atoms with Gasteiger partial charge in [-0.05, 0) is 48.6 Å². The number of ether oxygens (including phenoxy) is 1. The van der Waals surface area contributed by atoms with Gasteiger partial charge in [0.25, 0.3) is 0 Å². The van der Waals surface area contributed by atoms with Gasteiger partial charge in [0.2, 0.25) is 0 Å². The molecule has 0 fully saturated rings. The Hall–Kier alpha value is -2.28. The lowest BCUT2D eigenvalue weighted by molar-refractivity contribution is 0.314. The number of fused-ring (bicyclic) bond motifs is 2. The Labute approximate surface area is 125 Å². The van der Waals surface area contributed by atoms with Crippen LogP contribution in [0.4, 0.5) is 0 Å². The van der Waals surface area contributed by atoms with Crippen LogP contribution in [0.25, 0.3) is 5.57 Å². The van der Waals surface area contributed by atoms with Crippen LogP contribution in [0.15, 0.2) is 66.4 Å². The van der Waals surface area contributed by atoms with Gasteiger partial charge in [-0.3, -0.25) is 0 Å². The second-order valence-corrected chi connectivity index (χ2v) is 5.95. The summed E-state index contributed by atoms with van der Waals surface area (Å²) in [5.74, 6) is 2.62. The minimum Gasteiger partial charge on any atom is -0.461 e. The lowest BCUT2D eigenvalue weighted by atomic mass is 9.83. The van der Waals surface area contributed by atoms with Gasteiger partial charge in [-0.15, -0.1) is 0 Å². The molecule has 1 heteroatoms. The summed E-state index contributed by atoms with van der Waals surface area (Å²) in [6.45, 7) is 2.14. The minimum atomic E-state index is 0.472.